The first kappa shape index (κ1) is 29.9. The van der Waals surface area contributed by atoms with Crippen LogP contribution < -0.4 is 15.1 Å². The van der Waals surface area contributed by atoms with E-state index < -0.39 is 5.82 Å². The number of amides is 2. The first-order valence-corrected chi connectivity index (χ1v) is 17.2. The number of ether oxygens (including phenoxy) is 1. The van der Waals surface area contributed by atoms with Crippen LogP contribution in [0.3, 0.4) is 0 Å². The van der Waals surface area contributed by atoms with Gasteiger partial charge in [-0.25, -0.2) is 14.4 Å². The standard InChI is InChI=1S/C35H31FN6O3S2/c1-21-14-27(31(37-17-21)41-18-35(19-41)9-12-45-13-10-35)32(43)40-25-5-2-22(3-6-25)34(44)42-11-8-23-15-29(33-38-20-39-47-33)46-30(23)26-7-4-24(36)16-28(26)42/h2-7,14-17,20H,8-13,18-19H2,1H3,(H,40,43). The lowest BCUT2D eigenvalue weighted by molar-refractivity contribution is -0.000510. The highest BCUT2D eigenvalue weighted by Gasteiger charge is 2.45. The van der Waals surface area contributed by atoms with Gasteiger partial charge >= 0.3 is 0 Å². The fourth-order valence-corrected chi connectivity index (χ4v) is 8.59. The summed E-state index contributed by atoms with van der Waals surface area (Å²) in [6.45, 7) is 5.61. The van der Waals surface area contributed by atoms with E-state index in [1.165, 1.54) is 30.0 Å². The zero-order chi connectivity index (χ0) is 32.1. The van der Waals surface area contributed by atoms with Crippen LogP contribution in [0.1, 0.15) is 44.7 Å². The average Bonchev–Trinajstić information content (AvgIpc) is 3.73. The second-order valence-electron chi connectivity index (χ2n) is 12.5. The number of nitrogens with zero attached hydrogens (tertiary/aromatic N) is 5. The van der Waals surface area contributed by atoms with Gasteiger partial charge in [-0.3, -0.25) is 9.59 Å². The van der Waals surface area contributed by atoms with Crippen molar-refractivity contribution >= 4 is 51.9 Å². The van der Waals surface area contributed by atoms with Gasteiger partial charge in [0, 0.05) is 66.2 Å². The minimum Gasteiger partial charge on any atom is -0.381 e. The van der Waals surface area contributed by atoms with Crippen molar-refractivity contribution < 1.29 is 18.7 Å². The monoisotopic (exact) mass is 666 g/mol. The van der Waals surface area contributed by atoms with E-state index in [9.17, 15) is 14.0 Å². The Kier molecular flexibility index (Phi) is 7.58. The van der Waals surface area contributed by atoms with Gasteiger partial charge in [0.1, 0.15) is 18.0 Å². The van der Waals surface area contributed by atoms with Crippen molar-refractivity contribution in [2.24, 2.45) is 5.41 Å². The summed E-state index contributed by atoms with van der Waals surface area (Å²) in [5.41, 5.74) is 5.12. The van der Waals surface area contributed by atoms with Crippen molar-refractivity contribution in [3.05, 3.63) is 95.2 Å². The van der Waals surface area contributed by atoms with Crippen LogP contribution in [-0.4, -0.2) is 59.0 Å². The van der Waals surface area contributed by atoms with Crippen LogP contribution in [0.5, 0.6) is 0 Å². The van der Waals surface area contributed by atoms with Gasteiger partial charge < -0.3 is 19.9 Å². The Morgan fingerprint density at radius 1 is 1.02 bits per heavy atom. The zero-order valence-corrected chi connectivity index (χ0v) is 27.3. The maximum Gasteiger partial charge on any atom is 0.259 e. The first-order valence-electron chi connectivity index (χ1n) is 15.6. The second kappa shape index (κ2) is 11.9. The molecule has 238 valence electrons. The minimum atomic E-state index is -0.407. The number of fused-ring (bicyclic) bond motifs is 3. The Balaban J connectivity index is 1.01. The molecular weight excluding hydrogens is 636 g/mol. The maximum atomic E-state index is 14.6. The fourth-order valence-electron chi connectivity index (χ4n) is 6.78. The normalized spacial score (nSPS) is 16.6. The van der Waals surface area contributed by atoms with Crippen molar-refractivity contribution in [3.63, 3.8) is 0 Å². The van der Waals surface area contributed by atoms with Crippen molar-refractivity contribution in [2.75, 3.05) is 48.0 Å². The van der Waals surface area contributed by atoms with Crippen LogP contribution in [0.15, 0.2) is 67.1 Å². The molecule has 3 aromatic heterocycles. The van der Waals surface area contributed by atoms with Crippen LogP contribution in [0.2, 0.25) is 0 Å². The predicted octanol–water partition coefficient (Wildman–Crippen LogP) is 6.85. The third-order valence-electron chi connectivity index (χ3n) is 9.27. The van der Waals surface area contributed by atoms with Crippen molar-refractivity contribution in [2.45, 2.75) is 26.2 Å². The lowest BCUT2D eigenvalue weighted by Crippen LogP contribution is -2.59. The van der Waals surface area contributed by atoms with Crippen LogP contribution in [0, 0.1) is 18.2 Å². The molecule has 1 spiro atoms. The van der Waals surface area contributed by atoms with E-state index in [-0.39, 0.29) is 17.2 Å². The highest BCUT2D eigenvalue weighted by atomic mass is 32.1. The molecule has 0 radical (unpaired) electrons. The topological polar surface area (TPSA) is 101 Å². The van der Waals surface area contributed by atoms with Crippen molar-refractivity contribution in [1.82, 2.24) is 14.3 Å². The van der Waals surface area contributed by atoms with Crippen LogP contribution in [0.25, 0.3) is 20.3 Å². The number of carbonyl (C=O) groups is 2. The highest BCUT2D eigenvalue weighted by Crippen LogP contribution is 2.45. The number of halogens is 1. The number of nitrogens with one attached hydrogen (secondary N) is 1. The fraction of sp³-hybridized carbons (Fsp3) is 0.286. The number of rotatable bonds is 5. The summed E-state index contributed by atoms with van der Waals surface area (Å²) in [5, 5.41) is 3.84. The van der Waals surface area contributed by atoms with E-state index in [4.69, 9.17) is 4.74 Å². The van der Waals surface area contributed by atoms with Crippen LogP contribution in [-0.2, 0) is 11.2 Å². The molecule has 6 heterocycles. The molecule has 2 fully saturated rings. The van der Waals surface area contributed by atoms with Gasteiger partial charge in [0.15, 0.2) is 5.01 Å². The van der Waals surface area contributed by atoms with E-state index in [0.717, 1.165) is 70.6 Å². The van der Waals surface area contributed by atoms with Crippen molar-refractivity contribution in [1.29, 1.82) is 0 Å². The Bertz CT molecular complexity index is 1980. The first-order chi connectivity index (χ1) is 22.9. The molecule has 0 aliphatic carbocycles. The molecule has 0 bridgehead atoms. The molecule has 0 atom stereocenters. The Morgan fingerprint density at radius 3 is 2.60 bits per heavy atom. The lowest BCUT2D eigenvalue weighted by Gasteiger charge is -2.53. The summed E-state index contributed by atoms with van der Waals surface area (Å²) < 4.78 is 24.3. The third-order valence-corrected chi connectivity index (χ3v) is 11.3. The molecule has 3 aliphatic heterocycles. The second-order valence-corrected chi connectivity index (χ2v) is 14.3. The molecule has 2 amide bonds. The Morgan fingerprint density at radius 2 is 1.83 bits per heavy atom. The number of benzene rings is 2. The Labute approximate surface area is 279 Å². The number of thiophene rings is 1. The molecule has 5 aromatic rings. The molecule has 8 rings (SSSR count). The Hall–Kier alpha value is -4.52. The average molecular weight is 667 g/mol. The number of carbonyl (C=O) groups excluding carboxylic acids is 2. The van der Waals surface area contributed by atoms with E-state index in [1.807, 2.05) is 13.0 Å². The third kappa shape index (κ3) is 5.60. The number of aromatic nitrogens is 3. The summed E-state index contributed by atoms with van der Waals surface area (Å²) >= 11 is 2.91. The SMILES string of the molecule is Cc1cnc(N2CC3(CCOCC3)C2)c(C(=O)Nc2ccc(C(=O)N3CCc4cc(-c5ncns5)sc4-c4ccc(F)cc43)cc2)c1. The zero-order valence-electron chi connectivity index (χ0n) is 25.7. The molecule has 2 aromatic carbocycles. The molecule has 9 nitrogen and oxygen atoms in total. The predicted molar refractivity (Wildman–Crippen MR) is 182 cm³/mol. The summed E-state index contributed by atoms with van der Waals surface area (Å²) in [6, 6.07) is 15.4. The van der Waals surface area contributed by atoms with Gasteiger partial charge in [-0.05, 0) is 103 Å². The van der Waals surface area contributed by atoms with Crippen molar-refractivity contribution in [3.8, 4) is 20.3 Å². The summed E-state index contributed by atoms with van der Waals surface area (Å²) in [6.07, 6.45) is 6.00. The highest BCUT2D eigenvalue weighted by molar-refractivity contribution is 7.22. The molecule has 2 saturated heterocycles. The summed E-state index contributed by atoms with van der Waals surface area (Å²) in [4.78, 5) is 42.3. The van der Waals surface area contributed by atoms with E-state index in [0.29, 0.717) is 41.3 Å². The number of hydrogen-bond acceptors (Lipinski definition) is 9. The smallest absolute Gasteiger partial charge is 0.259 e. The quantitative estimate of drug-likeness (QED) is 0.219. The maximum absolute atomic E-state index is 14.6. The molecule has 1 N–H and O–H groups in total. The molecule has 3 aliphatic rings. The van der Waals surface area contributed by atoms with Gasteiger partial charge in [0.25, 0.3) is 11.8 Å². The van der Waals surface area contributed by atoms with Gasteiger partial charge in [-0.2, -0.15) is 4.37 Å². The number of anilines is 3. The molecule has 0 saturated carbocycles. The van der Waals surface area contributed by atoms with Gasteiger partial charge in [0.2, 0.25) is 0 Å². The van der Waals surface area contributed by atoms with E-state index >= 15 is 0 Å². The summed E-state index contributed by atoms with van der Waals surface area (Å²) in [7, 11) is 0. The van der Waals surface area contributed by atoms with Crippen LogP contribution >= 0.6 is 22.9 Å². The molecule has 0 unspecified atom stereocenters. The minimum absolute atomic E-state index is 0.237. The number of pyridine rings is 1. The lowest BCUT2D eigenvalue weighted by atomic mass is 9.73. The van der Waals surface area contributed by atoms with Gasteiger partial charge in [0.05, 0.1) is 16.1 Å². The number of hydrogen-bond donors (Lipinski definition) is 1. The van der Waals surface area contributed by atoms with Gasteiger partial charge in [-0.1, -0.05) is 0 Å². The summed E-state index contributed by atoms with van der Waals surface area (Å²) in [5.74, 6) is -0.207. The van der Waals surface area contributed by atoms with E-state index in [2.05, 4.69) is 30.6 Å². The number of aryl methyl sites for hydroxylation is 1. The molecule has 47 heavy (non-hydrogen) atoms. The molecule has 12 heteroatoms. The van der Waals surface area contributed by atoms with Gasteiger partial charge in [-0.15, -0.1) is 11.3 Å². The van der Waals surface area contributed by atoms with Crippen LogP contribution in [0.4, 0.5) is 21.6 Å². The van der Waals surface area contributed by atoms with E-state index in [1.54, 1.807) is 52.8 Å². The largest absolute Gasteiger partial charge is 0.381 e. The molecular formula is C35H31FN6O3S2.